The van der Waals surface area contributed by atoms with Gasteiger partial charge in [-0.1, -0.05) is 11.6 Å². The smallest absolute Gasteiger partial charge is 0.233 e. The fourth-order valence-electron chi connectivity index (χ4n) is 0.470. The summed E-state index contributed by atoms with van der Waals surface area (Å²) in [6.07, 6.45) is -1.97. The maximum atomic E-state index is 11.9. The molecule has 0 saturated heterocycles. The van der Waals surface area contributed by atoms with Crippen LogP contribution in [0.15, 0.2) is 6.20 Å². The fraction of sp³-hybridized carbons (Fsp3) is 0.200. The zero-order valence-electron chi connectivity index (χ0n) is 4.98. The summed E-state index contributed by atoms with van der Waals surface area (Å²) in [4.78, 5) is 6.13. The molecule has 0 fully saturated rings. The lowest BCUT2D eigenvalue weighted by atomic mass is 10.3. The summed E-state index contributed by atoms with van der Waals surface area (Å²) in [5.41, 5.74) is -1.04. The van der Waals surface area contributed by atoms with Crippen LogP contribution in [-0.4, -0.2) is 9.97 Å². The van der Waals surface area contributed by atoms with Crippen LogP contribution in [0, 0.1) is 6.33 Å². The van der Waals surface area contributed by atoms with E-state index in [2.05, 4.69) is 9.97 Å². The molecule has 2 nitrogen and oxygen atoms in total. The van der Waals surface area contributed by atoms with Gasteiger partial charge in [-0.05, 0) is 0 Å². The highest BCUT2D eigenvalue weighted by atomic mass is 35.5. The molecule has 1 radical (unpaired) electrons. The maximum Gasteiger partial charge on any atom is 0.420 e. The summed E-state index contributed by atoms with van der Waals surface area (Å²) in [7, 11) is 0. The molecule has 1 heterocycles. The molecule has 1 aromatic heterocycles. The van der Waals surface area contributed by atoms with Crippen LogP contribution in [0.5, 0.6) is 0 Å². The second-order valence-corrected chi connectivity index (χ2v) is 2.03. The minimum atomic E-state index is -4.49. The van der Waals surface area contributed by atoms with Crippen molar-refractivity contribution in [1.29, 1.82) is 0 Å². The van der Waals surface area contributed by atoms with E-state index in [1.54, 1.807) is 0 Å². The zero-order chi connectivity index (χ0) is 8.48. The largest absolute Gasteiger partial charge is 0.420 e. The number of nitrogens with zero attached hydrogens (tertiary/aromatic N) is 2. The van der Waals surface area contributed by atoms with Crippen molar-refractivity contribution in [3.8, 4) is 0 Å². The summed E-state index contributed by atoms with van der Waals surface area (Å²) in [6.45, 7) is 0. The van der Waals surface area contributed by atoms with Gasteiger partial charge in [0.2, 0.25) is 0 Å². The molecule has 0 aromatic carbocycles. The molecule has 0 aliphatic heterocycles. The predicted molar refractivity (Wildman–Crippen MR) is 30.9 cm³/mol. The van der Waals surface area contributed by atoms with Crippen molar-refractivity contribution in [2.45, 2.75) is 6.18 Å². The van der Waals surface area contributed by atoms with Gasteiger partial charge in [0, 0.05) is 6.20 Å². The number of halogens is 4. The van der Waals surface area contributed by atoms with Crippen LogP contribution in [0.1, 0.15) is 5.56 Å². The number of rotatable bonds is 0. The molecule has 11 heavy (non-hydrogen) atoms. The highest BCUT2D eigenvalue weighted by Crippen LogP contribution is 2.32. The Morgan fingerprint density at radius 2 is 2.09 bits per heavy atom. The maximum absolute atomic E-state index is 11.9. The minimum Gasteiger partial charge on any atom is -0.233 e. The first-order valence-electron chi connectivity index (χ1n) is 2.47. The van der Waals surface area contributed by atoms with Gasteiger partial charge in [0.25, 0.3) is 0 Å². The van der Waals surface area contributed by atoms with Crippen LogP contribution < -0.4 is 0 Å². The lowest BCUT2D eigenvalue weighted by Gasteiger charge is -2.04. The summed E-state index contributed by atoms with van der Waals surface area (Å²) in [6, 6.07) is 0. The average Bonchev–Trinajstić information content (AvgIpc) is 1.86. The predicted octanol–water partition coefficient (Wildman–Crippen LogP) is 1.95. The van der Waals surface area contributed by atoms with E-state index in [1.165, 1.54) is 0 Å². The van der Waals surface area contributed by atoms with Crippen LogP contribution in [0.2, 0.25) is 5.15 Å². The molecule has 0 bridgehead atoms. The molecule has 0 spiro atoms. The summed E-state index contributed by atoms with van der Waals surface area (Å²) in [5, 5.41) is -0.632. The first kappa shape index (κ1) is 8.26. The normalized spacial score (nSPS) is 11.6. The molecule has 0 saturated carbocycles. The molecule has 0 aliphatic rings. The average molecular weight is 182 g/mol. The molecule has 0 aliphatic carbocycles. The van der Waals surface area contributed by atoms with Crippen molar-refractivity contribution < 1.29 is 13.2 Å². The summed E-state index contributed by atoms with van der Waals surface area (Å²) >= 11 is 5.11. The van der Waals surface area contributed by atoms with Crippen LogP contribution in [0.25, 0.3) is 0 Å². The molecule has 1 rings (SSSR count). The van der Waals surface area contributed by atoms with Gasteiger partial charge in [-0.3, -0.25) is 0 Å². The van der Waals surface area contributed by atoms with Crippen LogP contribution >= 0.6 is 11.6 Å². The van der Waals surface area contributed by atoms with Crippen molar-refractivity contribution >= 4 is 11.6 Å². The molecule has 6 heteroatoms. The SMILES string of the molecule is FC(F)(F)c1cn[c]nc1Cl. The van der Waals surface area contributed by atoms with Crippen molar-refractivity contribution in [3.63, 3.8) is 0 Å². The first-order chi connectivity index (χ1) is 5.02. The molecule has 0 amide bonds. The lowest BCUT2D eigenvalue weighted by Crippen LogP contribution is -2.07. The van der Waals surface area contributed by atoms with Gasteiger partial charge in [0.15, 0.2) is 6.33 Å². The highest BCUT2D eigenvalue weighted by Gasteiger charge is 2.34. The number of aromatic nitrogens is 2. The van der Waals surface area contributed by atoms with E-state index >= 15 is 0 Å². The van der Waals surface area contributed by atoms with Crippen LogP contribution in [0.3, 0.4) is 0 Å². The third-order valence-electron chi connectivity index (χ3n) is 0.927. The van der Waals surface area contributed by atoms with Gasteiger partial charge in [-0.25, -0.2) is 9.97 Å². The van der Waals surface area contributed by atoms with Gasteiger partial charge in [-0.2, -0.15) is 13.2 Å². The van der Waals surface area contributed by atoms with E-state index < -0.39 is 16.9 Å². The highest BCUT2D eigenvalue weighted by molar-refractivity contribution is 6.30. The van der Waals surface area contributed by atoms with Crippen LogP contribution in [0.4, 0.5) is 13.2 Å². The molecule has 0 N–H and O–H groups in total. The van der Waals surface area contributed by atoms with Crippen molar-refractivity contribution in [2.75, 3.05) is 0 Å². The number of hydrogen-bond donors (Lipinski definition) is 0. The van der Waals surface area contributed by atoms with Gasteiger partial charge >= 0.3 is 6.18 Å². The summed E-state index contributed by atoms with van der Waals surface area (Å²) in [5.74, 6) is 0. The van der Waals surface area contributed by atoms with Gasteiger partial charge in [0.1, 0.15) is 10.7 Å². The molecular formula is C5HClF3N2. The quantitative estimate of drug-likeness (QED) is 0.572. The molecule has 59 valence electrons. The van der Waals surface area contributed by atoms with E-state index in [0.29, 0.717) is 6.20 Å². The fourth-order valence-corrected chi connectivity index (χ4v) is 0.664. The van der Waals surface area contributed by atoms with Crippen molar-refractivity contribution in [3.05, 3.63) is 23.2 Å². The van der Waals surface area contributed by atoms with E-state index in [9.17, 15) is 13.2 Å². The van der Waals surface area contributed by atoms with Crippen molar-refractivity contribution in [1.82, 2.24) is 9.97 Å². The molecule has 0 atom stereocenters. The Morgan fingerprint density at radius 3 is 2.45 bits per heavy atom. The zero-order valence-corrected chi connectivity index (χ0v) is 5.74. The molecule has 0 unspecified atom stereocenters. The Balaban J connectivity index is 3.14. The second-order valence-electron chi connectivity index (χ2n) is 1.67. The second kappa shape index (κ2) is 2.65. The minimum absolute atomic E-state index is 0.579. The van der Waals surface area contributed by atoms with E-state index in [0.717, 1.165) is 0 Å². The Labute approximate surface area is 65.0 Å². The Bertz CT molecular complexity index is 260. The first-order valence-corrected chi connectivity index (χ1v) is 2.85. The topological polar surface area (TPSA) is 25.8 Å². The van der Waals surface area contributed by atoms with Gasteiger partial charge in [-0.15, -0.1) is 0 Å². The van der Waals surface area contributed by atoms with Crippen molar-refractivity contribution in [2.24, 2.45) is 0 Å². The third-order valence-corrected chi connectivity index (χ3v) is 1.22. The lowest BCUT2D eigenvalue weighted by molar-refractivity contribution is -0.138. The van der Waals surface area contributed by atoms with E-state index in [4.69, 9.17) is 11.6 Å². The van der Waals surface area contributed by atoms with Crippen LogP contribution in [-0.2, 0) is 6.18 Å². The third kappa shape index (κ3) is 1.80. The Hall–Kier alpha value is -0.840. The van der Waals surface area contributed by atoms with E-state index in [1.807, 2.05) is 6.33 Å². The number of hydrogen-bond acceptors (Lipinski definition) is 2. The summed E-state index contributed by atoms with van der Waals surface area (Å²) < 4.78 is 35.6. The Kier molecular flexibility index (Phi) is 1.99. The monoisotopic (exact) mass is 181 g/mol. The standard InChI is InChI=1S/C5HClF3N2/c6-4-3(5(7,8)9)1-10-2-11-4/h1H. The number of alkyl halides is 3. The molecule has 1 aromatic rings. The van der Waals surface area contributed by atoms with E-state index in [-0.39, 0.29) is 0 Å². The van der Waals surface area contributed by atoms with Gasteiger partial charge < -0.3 is 0 Å². The van der Waals surface area contributed by atoms with Gasteiger partial charge in [0.05, 0.1) is 0 Å². The molecular weight excluding hydrogens is 181 g/mol. The Morgan fingerprint density at radius 1 is 1.45 bits per heavy atom.